The number of amides is 2. The smallest absolute Gasteiger partial charge is 0.253 e. The van der Waals surface area contributed by atoms with Crippen molar-refractivity contribution in [1.29, 1.82) is 0 Å². The number of nitrogens with zero attached hydrogens (tertiary/aromatic N) is 2. The molecule has 1 unspecified atom stereocenters. The van der Waals surface area contributed by atoms with Crippen LogP contribution >= 0.6 is 22.9 Å². The third-order valence-corrected chi connectivity index (χ3v) is 9.95. The molecule has 1 fully saturated rings. The number of hydrogen-bond donors (Lipinski definition) is 1. The summed E-state index contributed by atoms with van der Waals surface area (Å²) in [6, 6.07) is 13.6. The molecule has 35 heavy (non-hydrogen) atoms. The highest BCUT2D eigenvalue weighted by atomic mass is 35.5. The highest BCUT2D eigenvalue weighted by molar-refractivity contribution is 7.91. The molecule has 3 aromatic rings. The molecule has 1 atom stereocenters. The van der Waals surface area contributed by atoms with E-state index in [4.69, 9.17) is 16.7 Å². The summed E-state index contributed by atoms with van der Waals surface area (Å²) >= 11 is 6.92. The second-order valence-corrected chi connectivity index (χ2v) is 12.8. The molecule has 9 nitrogen and oxygen atoms in total. The molecule has 1 aliphatic heterocycles. The first-order valence-corrected chi connectivity index (χ1v) is 14.5. The van der Waals surface area contributed by atoms with Crippen molar-refractivity contribution in [3.05, 3.63) is 76.6 Å². The van der Waals surface area contributed by atoms with Crippen LogP contribution in [0, 0.1) is 0 Å². The first-order valence-electron chi connectivity index (χ1n) is 10.3. The van der Waals surface area contributed by atoms with Gasteiger partial charge in [0, 0.05) is 11.6 Å². The predicted octanol–water partition coefficient (Wildman–Crippen LogP) is 2.61. The van der Waals surface area contributed by atoms with Crippen LogP contribution in [-0.2, 0) is 36.1 Å². The van der Waals surface area contributed by atoms with Crippen molar-refractivity contribution in [3.63, 3.8) is 0 Å². The predicted molar refractivity (Wildman–Crippen MR) is 132 cm³/mol. The van der Waals surface area contributed by atoms with Gasteiger partial charge < -0.3 is 0 Å². The van der Waals surface area contributed by atoms with E-state index < -0.39 is 37.9 Å². The van der Waals surface area contributed by atoms with Gasteiger partial charge >= 0.3 is 0 Å². The lowest BCUT2D eigenvalue weighted by atomic mass is 10.1. The zero-order valence-electron chi connectivity index (χ0n) is 18.1. The Morgan fingerprint density at radius 1 is 1.00 bits per heavy atom. The minimum absolute atomic E-state index is 0.0484. The molecule has 2 heterocycles. The third-order valence-electron chi connectivity index (χ3n) is 5.49. The molecule has 2 amide bonds. The Labute approximate surface area is 211 Å². The number of sulfonamides is 2. The lowest BCUT2D eigenvalue weighted by Crippen LogP contribution is -2.46. The van der Waals surface area contributed by atoms with Crippen LogP contribution in [0.1, 0.15) is 12.0 Å². The number of carbonyl (C=O) groups is 2. The van der Waals surface area contributed by atoms with E-state index >= 15 is 0 Å². The van der Waals surface area contributed by atoms with Crippen molar-refractivity contribution >= 4 is 60.5 Å². The van der Waals surface area contributed by atoms with Gasteiger partial charge in [-0.3, -0.25) is 9.59 Å². The van der Waals surface area contributed by atoms with Crippen LogP contribution in [0.2, 0.25) is 5.02 Å². The zero-order chi connectivity index (χ0) is 25.4. The minimum Gasteiger partial charge on any atom is -0.274 e. The SMILES string of the molecule is NS(=O)(=O)c1ccc(CCN(C2CC(=O)N(c3ccc(Cl)cc3)C2=O)S(=O)(=O)c2cccs2)cc1. The van der Waals surface area contributed by atoms with Crippen molar-refractivity contribution < 1.29 is 26.4 Å². The van der Waals surface area contributed by atoms with E-state index in [1.807, 2.05) is 0 Å². The molecule has 4 rings (SSSR count). The van der Waals surface area contributed by atoms with E-state index in [-0.39, 0.29) is 28.5 Å². The lowest BCUT2D eigenvalue weighted by Gasteiger charge is -2.26. The molecular formula is C22H20ClN3O6S3. The van der Waals surface area contributed by atoms with E-state index in [2.05, 4.69) is 0 Å². The van der Waals surface area contributed by atoms with Gasteiger partial charge in [-0.2, -0.15) is 4.31 Å². The van der Waals surface area contributed by atoms with Gasteiger partial charge in [0.2, 0.25) is 15.9 Å². The van der Waals surface area contributed by atoms with Gasteiger partial charge in [0.25, 0.3) is 15.9 Å². The summed E-state index contributed by atoms with van der Waals surface area (Å²) in [5.74, 6) is -1.17. The number of primary sulfonamides is 1. The fourth-order valence-corrected chi connectivity index (χ4v) is 7.10. The van der Waals surface area contributed by atoms with E-state index in [1.54, 1.807) is 11.4 Å². The Morgan fingerprint density at radius 2 is 1.66 bits per heavy atom. The average Bonchev–Trinajstić information content (AvgIpc) is 3.44. The Kier molecular flexibility index (Phi) is 7.13. The van der Waals surface area contributed by atoms with Crippen LogP contribution in [-0.4, -0.2) is 45.5 Å². The molecule has 2 N–H and O–H groups in total. The summed E-state index contributed by atoms with van der Waals surface area (Å²) in [5, 5.41) is 7.17. The number of imide groups is 1. The molecule has 184 valence electrons. The summed E-state index contributed by atoms with van der Waals surface area (Å²) in [4.78, 5) is 27.0. The molecular weight excluding hydrogens is 534 g/mol. The molecule has 1 aliphatic rings. The van der Waals surface area contributed by atoms with E-state index in [0.29, 0.717) is 16.3 Å². The third kappa shape index (κ3) is 5.32. The standard InChI is InChI=1S/C22H20ClN3O6S3/c23-16-5-7-17(8-6-16)26-20(27)14-19(22(26)28)25(35(31,32)21-2-1-13-33-21)12-11-15-3-9-18(10-4-15)34(24,29)30/h1-10,13,19H,11-12,14H2,(H2,24,29,30). The summed E-state index contributed by atoms with van der Waals surface area (Å²) in [5.41, 5.74) is 0.939. The van der Waals surface area contributed by atoms with Crippen LogP contribution in [0.3, 0.4) is 0 Å². The maximum atomic E-state index is 13.5. The second kappa shape index (κ2) is 9.80. The molecule has 1 saturated heterocycles. The van der Waals surface area contributed by atoms with E-state index in [9.17, 15) is 26.4 Å². The van der Waals surface area contributed by atoms with Crippen LogP contribution < -0.4 is 10.0 Å². The molecule has 0 saturated carbocycles. The molecule has 0 radical (unpaired) electrons. The molecule has 2 aromatic carbocycles. The maximum Gasteiger partial charge on any atom is 0.253 e. The first kappa shape index (κ1) is 25.5. The summed E-state index contributed by atoms with van der Waals surface area (Å²) in [7, 11) is -7.96. The number of nitrogens with two attached hydrogens (primary N) is 1. The normalized spacial score (nSPS) is 16.9. The number of anilines is 1. The Morgan fingerprint density at radius 3 is 2.23 bits per heavy atom. The summed E-state index contributed by atoms with van der Waals surface area (Å²) < 4.78 is 51.0. The average molecular weight is 554 g/mol. The van der Waals surface area contributed by atoms with Crippen LogP contribution in [0.15, 0.2) is 75.1 Å². The lowest BCUT2D eigenvalue weighted by molar-refractivity contribution is -0.122. The largest absolute Gasteiger partial charge is 0.274 e. The van der Waals surface area contributed by atoms with Crippen LogP contribution in [0.5, 0.6) is 0 Å². The summed E-state index contributed by atoms with van der Waals surface area (Å²) in [6.45, 7) is -0.104. The quantitative estimate of drug-likeness (QED) is 0.426. The van der Waals surface area contributed by atoms with Crippen molar-refractivity contribution in [2.24, 2.45) is 5.14 Å². The number of benzene rings is 2. The Balaban J connectivity index is 1.64. The number of carbonyl (C=O) groups excluding carboxylic acids is 2. The van der Waals surface area contributed by atoms with Gasteiger partial charge in [0.15, 0.2) is 0 Å². The fraction of sp³-hybridized carbons (Fsp3) is 0.182. The molecule has 13 heteroatoms. The number of hydrogen-bond acceptors (Lipinski definition) is 7. The van der Waals surface area contributed by atoms with Crippen molar-refractivity contribution in [2.45, 2.75) is 28.0 Å². The fourth-order valence-electron chi connectivity index (χ4n) is 3.76. The minimum atomic E-state index is -4.10. The molecule has 1 aromatic heterocycles. The Hall–Kier alpha value is -2.61. The van der Waals surface area contributed by atoms with Gasteiger partial charge in [0.1, 0.15) is 10.3 Å². The number of rotatable bonds is 8. The molecule has 0 spiro atoms. The topological polar surface area (TPSA) is 135 Å². The highest BCUT2D eigenvalue weighted by Crippen LogP contribution is 2.31. The highest BCUT2D eigenvalue weighted by Gasteiger charge is 2.47. The monoisotopic (exact) mass is 553 g/mol. The molecule has 0 bridgehead atoms. The first-order chi connectivity index (χ1) is 16.5. The second-order valence-electron chi connectivity index (χ2n) is 7.75. The maximum absolute atomic E-state index is 13.5. The van der Waals surface area contributed by atoms with Crippen molar-refractivity contribution in [1.82, 2.24) is 4.31 Å². The van der Waals surface area contributed by atoms with Gasteiger partial charge in [-0.1, -0.05) is 29.8 Å². The van der Waals surface area contributed by atoms with Crippen molar-refractivity contribution in [3.8, 4) is 0 Å². The Bertz CT molecular complexity index is 1460. The van der Waals surface area contributed by atoms with Gasteiger partial charge in [-0.15, -0.1) is 11.3 Å². The van der Waals surface area contributed by atoms with Gasteiger partial charge in [-0.05, 0) is 59.8 Å². The van der Waals surface area contributed by atoms with Gasteiger partial charge in [0.05, 0.1) is 17.0 Å². The van der Waals surface area contributed by atoms with Gasteiger partial charge in [-0.25, -0.2) is 26.9 Å². The van der Waals surface area contributed by atoms with Crippen LogP contribution in [0.25, 0.3) is 0 Å². The van der Waals surface area contributed by atoms with E-state index in [0.717, 1.165) is 20.5 Å². The zero-order valence-corrected chi connectivity index (χ0v) is 21.3. The van der Waals surface area contributed by atoms with E-state index in [1.165, 1.54) is 54.6 Å². The summed E-state index contributed by atoms with van der Waals surface area (Å²) in [6.07, 6.45) is -0.134. The van der Waals surface area contributed by atoms with Crippen molar-refractivity contribution in [2.75, 3.05) is 11.4 Å². The number of halogens is 1. The molecule has 0 aliphatic carbocycles. The number of thiophene rings is 1. The van der Waals surface area contributed by atoms with Crippen LogP contribution in [0.4, 0.5) is 5.69 Å².